The highest BCUT2D eigenvalue weighted by atomic mass is 35.5. The number of rotatable bonds is 5. The van der Waals surface area contributed by atoms with Gasteiger partial charge in [-0.3, -0.25) is 4.90 Å². The van der Waals surface area contributed by atoms with Gasteiger partial charge < -0.3 is 4.42 Å². The lowest BCUT2D eigenvalue weighted by atomic mass is 10.2. The van der Waals surface area contributed by atoms with E-state index in [1.807, 2.05) is 24.3 Å². The fraction of sp³-hybridized carbons (Fsp3) is 0.308. The predicted octanol–water partition coefficient (Wildman–Crippen LogP) is 3.35. The van der Waals surface area contributed by atoms with Crippen molar-refractivity contribution in [2.45, 2.75) is 20.0 Å². The van der Waals surface area contributed by atoms with E-state index in [-0.39, 0.29) is 0 Å². The number of hydrogen-bond acceptors (Lipinski definition) is 3. The topological polar surface area (TPSA) is 29.3 Å². The van der Waals surface area contributed by atoms with Gasteiger partial charge in [0, 0.05) is 18.3 Å². The van der Waals surface area contributed by atoms with Crippen molar-refractivity contribution in [3.8, 4) is 0 Å². The third-order valence-corrected chi connectivity index (χ3v) is 2.98. The lowest BCUT2D eigenvalue weighted by Crippen LogP contribution is -2.22. The molecule has 2 aromatic rings. The van der Waals surface area contributed by atoms with Gasteiger partial charge in [0.15, 0.2) is 0 Å². The summed E-state index contributed by atoms with van der Waals surface area (Å²) in [5.41, 5.74) is 1.04. The zero-order chi connectivity index (χ0) is 12.1. The van der Waals surface area contributed by atoms with Crippen molar-refractivity contribution in [2.75, 3.05) is 6.54 Å². The Kier molecular flexibility index (Phi) is 4.18. The maximum Gasteiger partial charge on any atom is 0.133 e. The Bertz CT molecular complexity index is 456. The molecule has 0 atom stereocenters. The van der Waals surface area contributed by atoms with Crippen LogP contribution in [0.3, 0.4) is 0 Å². The summed E-state index contributed by atoms with van der Waals surface area (Å²) in [7, 11) is 0. The Morgan fingerprint density at radius 1 is 1.29 bits per heavy atom. The van der Waals surface area contributed by atoms with Crippen LogP contribution in [0, 0.1) is 0 Å². The standard InChI is InChI=1S/C13H15ClN2O/c1-2-16(10-12-6-4-8-17-12)9-11-5-3-7-15-13(11)14/h3-8H,2,9-10H2,1H3. The van der Waals surface area contributed by atoms with E-state index in [9.17, 15) is 0 Å². The summed E-state index contributed by atoms with van der Waals surface area (Å²) in [4.78, 5) is 6.33. The van der Waals surface area contributed by atoms with Crippen molar-refractivity contribution in [2.24, 2.45) is 0 Å². The zero-order valence-electron chi connectivity index (χ0n) is 9.77. The molecule has 17 heavy (non-hydrogen) atoms. The van der Waals surface area contributed by atoms with Crippen molar-refractivity contribution < 1.29 is 4.42 Å². The zero-order valence-corrected chi connectivity index (χ0v) is 10.5. The molecule has 0 radical (unpaired) electrons. The van der Waals surface area contributed by atoms with E-state index in [0.717, 1.165) is 31.0 Å². The van der Waals surface area contributed by atoms with Crippen LogP contribution in [0.1, 0.15) is 18.2 Å². The highest BCUT2D eigenvalue weighted by Crippen LogP contribution is 2.15. The highest BCUT2D eigenvalue weighted by Gasteiger charge is 2.09. The minimum Gasteiger partial charge on any atom is -0.468 e. The quantitative estimate of drug-likeness (QED) is 0.762. The number of halogens is 1. The van der Waals surface area contributed by atoms with Crippen molar-refractivity contribution in [1.82, 2.24) is 9.88 Å². The molecule has 0 unspecified atom stereocenters. The van der Waals surface area contributed by atoms with E-state index in [1.165, 1.54) is 0 Å². The number of furan rings is 1. The van der Waals surface area contributed by atoms with Gasteiger partial charge in [-0.2, -0.15) is 0 Å². The molecule has 0 aliphatic carbocycles. The van der Waals surface area contributed by atoms with Gasteiger partial charge in [-0.1, -0.05) is 24.6 Å². The van der Waals surface area contributed by atoms with E-state index in [4.69, 9.17) is 16.0 Å². The van der Waals surface area contributed by atoms with Gasteiger partial charge in [-0.05, 0) is 24.7 Å². The van der Waals surface area contributed by atoms with Crippen molar-refractivity contribution in [1.29, 1.82) is 0 Å². The minimum absolute atomic E-state index is 0.574. The van der Waals surface area contributed by atoms with Crippen molar-refractivity contribution in [3.63, 3.8) is 0 Å². The van der Waals surface area contributed by atoms with Gasteiger partial charge in [0.2, 0.25) is 0 Å². The van der Waals surface area contributed by atoms with Crippen LogP contribution < -0.4 is 0 Å². The average molecular weight is 251 g/mol. The summed E-state index contributed by atoms with van der Waals surface area (Å²) >= 11 is 6.05. The van der Waals surface area contributed by atoms with Crippen LogP contribution in [-0.2, 0) is 13.1 Å². The lowest BCUT2D eigenvalue weighted by Gasteiger charge is -2.19. The summed E-state index contributed by atoms with van der Waals surface area (Å²) < 4.78 is 5.34. The molecule has 0 saturated carbocycles. The first kappa shape index (κ1) is 12.1. The van der Waals surface area contributed by atoms with Crippen molar-refractivity contribution >= 4 is 11.6 Å². The molecule has 2 heterocycles. The van der Waals surface area contributed by atoms with Crippen LogP contribution >= 0.6 is 11.6 Å². The van der Waals surface area contributed by atoms with Crippen LogP contribution in [0.15, 0.2) is 41.1 Å². The van der Waals surface area contributed by atoms with Crippen LogP contribution in [0.2, 0.25) is 5.15 Å². The smallest absolute Gasteiger partial charge is 0.133 e. The third-order valence-electron chi connectivity index (χ3n) is 2.64. The van der Waals surface area contributed by atoms with Gasteiger partial charge in [0.1, 0.15) is 10.9 Å². The van der Waals surface area contributed by atoms with Gasteiger partial charge in [-0.15, -0.1) is 0 Å². The summed E-state index contributed by atoms with van der Waals surface area (Å²) in [5.74, 6) is 0.965. The second-order valence-corrected chi connectivity index (χ2v) is 4.19. The summed E-state index contributed by atoms with van der Waals surface area (Å²) in [6, 6.07) is 7.79. The molecule has 0 aromatic carbocycles. The highest BCUT2D eigenvalue weighted by molar-refractivity contribution is 6.30. The van der Waals surface area contributed by atoms with Crippen LogP contribution in [-0.4, -0.2) is 16.4 Å². The van der Waals surface area contributed by atoms with E-state index < -0.39 is 0 Å². The first-order valence-corrected chi connectivity index (χ1v) is 6.01. The predicted molar refractivity (Wildman–Crippen MR) is 67.7 cm³/mol. The lowest BCUT2D eigenvalue weighted by molar-refractivity contribution is 0.247. The van der Waals surface area contributed by atoms with E-state index >= 15 is 0 Å². The summed E-state index contributed by atoms with van der Waals surface area (Å²) in [6.45, 7) is 4.62. The molecule has 0 fully saturated rings. The minimum atomic E-state index is 0.574. The molecule has 0 saturated heterocycles. The molecule has 0 aliphatic heterocycles. The maximum absolute atomic E-state index is 6.05. The molecule has 0 aliphatic rings. The van der Waals surface area contributed by atoms with Crippen LogP contribution in [0.4, 0.5) is 0 Å². The summed E-state index contributed by atoms with van der Waals surface area (Å²) in [6.07, 6.45) is 3.40. The molecule has 0 N–H and O–H groups in total. The number of nitrogens with zero attached hydrogens (tertiary/aromatic N) is 2. The van der Waals surface area contributed by atoms with Crippen LogP contribution in [0.25, 0.3) is 0 Å². The number of pyridine rings is 1. The molecule has 4 heteroatoms. The molecular weight excluding hydrogens is 236 g/mol. The molecule has 2 rings (SSSR count). The van der Waals surface area contributed by atoms with Gasteiger partial charge in [0.05, 0.1) is 12.8 Å². The van der Waals surface area contributed by atoms with E-state index in [2.05, 4.69) is 16.8 Å². The van der Waals surface area contributed by atoms with Crippen molar-refractivity contribution in [3.05, 3.63) is 53.2 Å². The normalized spacial score (nSPS) is 11.0. The monoisotopic (exact) mass is 250 g/mol. The van der Waals surface area contributed by atoms with E-state index in [1.54, 1.807) is 12.5 Å². The molecule has 3 nitrogen and oxygen atoms in total. The summed E-state index contributed by atoms with van der Waals surface area (Å²) in [5, 5.41) is 0.574. The fourth-order valence-electron chi connectivity index (χ4n) is 1.68. The third kappa shape index (κ3) is 3.32. The van der Waals surface area contributed by atoms with E-state index in [0.29, 0.717) is 5.15 Å². The molecule has 90 valence electrons. The first-order valence-electron chi connectivity index (χ1n) is 5.63. The molecule has 0 bridgehead atoms. The van der Waals surface area contributed by atoms with Gasteiger partial charge in [-0.25, -0.2) is 4.98 Å². The molecule has 2 aromatic heterocycles. The Hall–Kier alpha value is -1.32. The molecule has 0 amide bonds. The number of hydrogen-bond donors (Lipinski definition) is 0. The second kappa shape index (κ2) is 5.84. The van der Waals surface area contributed by atoms with Crippen LogP contribution in [0.5, 0.6) is 0 Å². The largest absolute Gasteiger partial charge is 0.468 e. The Balaban J connectivity index is 2.03. The first-order chi connectivity index (χ1) is 8.29. The maximum atomic E-state index is 6.05. The van der Waals surface area contributed by atoms with Gasteiger partial charge >= 0.3 is 0 Å². The molecule has 0 spiro atoms. The fourth-order valence-corrected chi connectivity index (χ4v) is 1.86. The van der Waals surface area contributed by atoms with Gasteiger partial charge in [0.25, 0.3) is 0 Å². The second-order valence-electron chi connectivity index (χ2n) is 3.84. The Morgan fingerprint density at radius 3 is 2.82 bits per heavy atom. The average Bonchev–Trinajstić information content (AvgIpc) is 2.84. The SMILES string of the molecule is CCN(Cc1ccco1)Cc1cccnc1Cl. The number of aromatic nitrogens is 1. The Morgan fingerprint density at radius 2 is 2.18 bits per heavy atom. The Labute approximate surface area is 106 Å². The molecular formula is C13H15ClN2O.